The van der Waals surface area contributed by atoms with Crippen molar-refractivity contribution >= 4 is 15.7 Å². The lowest BCUT2D eigenvalue weighted by atomic mass is 10.1. The number of amides is 1. The largest absolute Gasteiger partial charge is 0.353 e. The van der Waals surface area contributed by atoms with Crippen LogP contribution in [0.25, 0.3) is 0 Å². The molecule has 0 radical (unpaired) electrons. The summed E-state index contributed by atoms with van der Waals surface area (Å²) in [6, 6.07) is 5.64. The summed E-state index contributed by atoms with van der Waals surface area (Å²) in [7, 11) is -3.51. The van der Waals surface area contributed by atoms with Gasteiger partial charge in [0, 0.05) is 6.04 Å². The summed E-state index contributed by atoms with van der Waals surface area (Å²) >= 11 is 0. The molecule has 0 unspecified atom stereocenters. The smallest absolute Gasteiger partial charge is 0.238 e. The quantitative estimate of drug-likeness (QED) is 0.905. The standard InChI is InChI=1S/C15H23NO3S/c1-10(2)16-15(17)13(5)20(18,19)9-14-8-11(3)6-7-12(14)4/h6-8,10,13H,9H2,1-5H3,(H,16,17)/t13-/m0/s1. The van der Waals surface area contributed by atoms with Gasteiger partial charge in [-0.15, -0.1) is 0 Å². The van der Waals surface area contributed by atoms with Gasteiger partial charge in [0.1, 0.15) is 5.25 Å². The molecule has 5 heteroatoms. The van der Waals surface area contributed by atoms with Crippen LogP contribution in [0.1, 0.15) is 37.5 Å². The average molecular weight is 297 g/mol. The minimum Gasteiger partial charge on any atom is -0.353 e. The first-order chi connectivity index (χ1) is 9.13. The van der Waals surface area contributed by atoms with Crippen molar-refractivity contribution in [1.29, 1.82) is 0 Å². The number of carbonyl (C=O) groups is 1. The van der Waals surface area contributed by atoms with Crippen LogP contribution in [0.2, 0.25) is 0 Å². The summed E-state index contributed by atoms with van der Waals surface area (Å²) in [5.41, 5.74) is 2.70. The Bertz CT molecular complexity index is 591. The van der Waals surface area contributed by atoms with E-state index in [4.69, 9.17) is 0 Å². The Morgan fingerprint density at radius 3 is 2.35 bits per heavy atom. The first-order valence-corrected chi connectivity index (χ1v) is 8.43. The van der Waals surface area contributed by atoms with Crippen LogP contribution in [0, 0.1) is 13.8 Å². The van der Waals surface area contributed by atoms with Gasteiger partial charge in [-0.2, -0.15) is 0 Å². The van der Waals surface area contributed by atoms with Gasteiger partial charge in [0.25, 0.3) is 0 Å². The van der Waals surface area contributed by atoms with Crippen molar-refractivity contribution in [3.63, 3.8) is 0 Å². The minimum absolute atomic E-state index is 0.0687. The van der Waals surface area contributed by atoms with Crippen LogP contribution in [0.15, 0.2) is 18.2 Å². The monoisotopic (exact) mass is 297 g/mol. The van der Waals surface area contributed by atoms with Crippen LogP contribution < -0.4 is 5.32 Å². The van der Waals surface area contributed by atoms with Crippen LogP contribution in [-0.2, 0) is 20.4 Å². The predicted octanol–water partition coefficient (Wildman–Crippen LogP) is 2.13. The van der Waals surface area contributed by atoms with E-state index in [0.29, 0.717) is 0 Å². The molecule has 1 rings (SSSR count). The van der Waals surface area contributed by atoms with E-state index < -0.39 is 21.0 Å². The van der Waals surface area contributed by atoms with Crippen molar-refractivity contribution in [3.05, 3.63) is 34.9 Å². The zero-order valence-corrected chi connectivity index (χ0v) is 13.5. The maximum atomic E-state index is 12.3. The van der Waals surface area contributed by atoms with E-state index in [-0.39, 0.29) is 11.8 Å². The lowest BCUT2D eigenvalue weighted by Crippen LogP contribution is -2.41. The molecule has 0 aliphatic heterocycles. The van der Waals surface area contributed by atoms with Gasteiger partial charge in [-0.3, -0.25) is 4.79 Å². The molecule has 1 N–H and O–H groups in total. The molecule has 0 aliphatic rings. The van der Waals surface area contributed by atoms with Crippen molar-refractivity contribution in [2.75, 3.05) is 0 Å². The van der Waals surface area contributed by atoms with E-state index in [1.165, 1.54) is 6.92 Å². The Balaban J connectivity index is 2.94. The maximum absolute atomic E-state index is 12.3. The number of carbonyl (C=O) groups excluding carboxylic acids is 1. The second-order valence-electron chi connectivity index (χ2n) is 5.54. The summed E-state index contributed by atoms with van der Waals surface area (Å²) in [6.07, 6.45) is 0. The van der Waals surface area contributed by atoms with Crippen molar-refractivity contribution in [2.24, 2.45) is 0 Å². The zero-order chi connectivity index (χ0) is 15.5. The minimum atomic E-state index is -3.51. The molecule has 1 atom stereocenters. The Kier molecular flexibility index (Phi) is 5.34. The molecule has 0 spiro atoms. The highest BCUT2D eigenvalue weighted by molar-refractivity contribution is 7.92. The third-order valence-corrected chi connectivity index (χ3v) is 5.20. The number of sulfone groups is 1. The van der Waals surface area contributed by atoms with Crippen molar-refractivity contribution < 1.29 is 13.2 Å². The van der Waals surface area contributed by atoms with E-state index in [1.54, 1.807) is 0 Å². The van der Waals surface area contributed by atoms with Gasteiger partial charge in [0.15, 0.2) is 9.84 Å². The molecule has 1 amide bonds. The summed E-state index contributed by atoms with van der Waals surface area (Å²) in [5, 5.41) is 1.61. The molecular weight excluding hydrogens is 274 g/mol. The molecule has 0 saturated heterocycles. The Morgan fingerprint density at radius 2 is 1.80 bits per heavy atom. The number of nitrogens with one attached hydrogen (secondary N) is 1. The molecule has 20 heavy (non-hydrogen) atoms. The van der Waals surface area contributed by atoms with Gasteiger partial charge in [0.05, 0.1) is 5.75 Å². The Morgan fingerprint density at radius 1 is 1.20 bits per heavy atom. The number of benzene rings is 1. The fraction of sp³-hybridized carbons (Fsp3) is 0.533. The van der Waals surface area contributed by atoms with Gasteiger partial charge in [-0.05, 0) is 45.7 Å². The number of rotatable bonds is 5. The Labute approximate surface area is 121 Å². The average Bonchev–Trinajstić information content (AvgIpc) is 2.31. The van der Waals surface area contributed by atoms with Gasteiger partial charge in [-0.25, -0.2) is 8.42 Å². The van der Waals surface area contributed by atoms with E-state index in [2.05, 4.69) is 5.32 Å². The van der Waals surface area contributed by atoms with Gasteiger partial charge < -0.3 is 5.32 Å². The highest BCUT2D eigenvalue weighted by Crippen LogP contribution is 2.17. The maximum Gasteiger partial charge on any atom is 0.238 e. The number of hydrogen-bond donors (Lipinski definition) is 1. The van der Waals surface area contributed by atoms with Crippen molar-refractivity contribution in [3.8, 4) is 0 Å². The topological polar surface area (TPSA) is 63.2 Å². The van der Waals surface area contributed by atoms with Crippen LogP contribution >= 0.6 is 0 Å². The van der Waals surface area contributed by atoms with Crippen LogP contribution in [0.5, 0.6) is 0 Å². The third-order valence-electron chi connectivity index (χ3n) is 3.20. The first kappa shape index (κ1) is 16.7. The van der Waals surface area contributed by atoms with Crippen LogP contribution in [0.3, 0.4) is 0 Å². The lowest BCUT2D eigenvalue weighted by molar-refractivity contribution is -0.120. The molecule has 4 nitrogen and oxygen atoms in total. The number of hydrogen-bond acceptors (Lipinski definition) is 3. The van der Waals surface area contributed by atoms with Crippen molar-refractivity contribution in [2.45, 2.75) is 51.7 Å². The highest BCUT2D eigenvalue weighted by Gasteiger charge is 2.28. The zero-order valence-electron chi connectivity index (χ0n) is 12.7. The summed E-state index contributed by atoms with van der Waals surface area (Å²) in [4.78, 5) is 11.9. The summed E-state index contributed by atoms with van der Waals surface area (Å²) in [6.45, 7) is 8.86. The lowest BCUT2D eigenvalue weighted by Gasteiger charge is -2.16. The second-order valence-corrected chi connectivity index (χ2v) is 7.86. The fourth-order valence-corrected chi connectivity index (χ4v) is 3.25. The summed E-state index contributed by atoms with van der Waals surface area (Å²) in [5.74, 6) is -0.544. The van der Waals surface area contributed by atoms with E-state index in [1.807, 2.05) is 45.9 Å². The van der Waals surface area contributed by atoms with E-state index in [9.17, 15) is 13.2 Å². The molecule has 0 aliphatic carbocycles. The molecule has 0 aromatic heterocycles. The second kappa shape index (κ2) is 6.39. The molecule has 1 aromatic rings. The first-order valence-electron chi connectivity index (χ1n) is 6.71. The van der Waals surface area contributed by atoms with E-state index in [0.717, 1.165) is 16.7 Å². The van der Waals surface area contributed by atoms with Gasteiger partial charge in [-0.1, -0.05) is 23.8 Å². The Hall–Kier alpha value is -1.36. The van der Waals surface area contributed by atoms with E-state index >= 15 is 0 Å². The van der Waals surface area contributed by atoms with Crippen molar-refractivity contribution in [1.82, 2.24) is 5.32 Å². The fourth-order valence-electron chi connectivity index (χ4n) is 1.86. The van der Waals surface area contributed by atoms with Gasteiger partial charge >= 0.3 is 0 Å². The van der Waals surface area contributed by atoms with Crippen LogP contribution in [0.4, 0.5) is 0 Å². The highest BCUT2D eigenvalue weighted by atomic mass is 32.2. The molecule has 0 bridgehead atoms. The summed E-state index contributed by atoms with van der Waals surface area (Å²) < 4.78 is 24.7. The molecule has 0 heterocycles. The predicted molar refractivity (Wildman–Crippen MR) is 81.3 cm³/mol. The molecular formula is C15H23NO3S. The normalized spacial score (nSPS) is 13.3. The van der Waals surface area contributed by atoms with Crippen LogP contribution in [-0.4, -0.2) is 25.6 Å². The third kappa shape index (κ3) is 4.34. The number of aryl methyl sites for hydroxylation is 2. The molecule has 0 fully saturated rings. The molecule has 1 aromatic carbocycles. The van der Waals surface area contributed by atoms with Gasteiger partial charge in [0.2, 0.25) is 5.91 Å². The molecule has 0 saturated carbocycles. The SMILES string of the molecule is Cc1ccc(C)c(CS(=O)(=O)[C@@H](C)C(=O)NC(C)C)c1. The molecule has 112 valence electrons.